The molecule has 2 aromatic heterocycles. The third-order valence-electron chi connectivity index (χ3n) is 3.74. The standard InChI is InChI=1S/C19H21N3OS/c1-14(2)10-11-20-19(23)16-13-22(15-7-4-3-5-8-15)21-18(16)17-9-6-12-24-17/h3-9,12-14H,10-11H2,1-2H3,(H,20,23). The summed E-state index contributed by atoms with van der Waals surface area (Å²) in [6.07, 6.45) is 2.78. The van der Waals surface area contributed by atoms with Crippen LogP contribution in [0.4, 0.5) is 0 Å². The van der Waals surface area contributed by atoms with Crippen LogP contribution in [0.3, 0.4) is 0 Å². The maximum atomic E-state index is 12.6. The Balaban J connectivity index is 1.92. The zero-order valence-electron chi connectivity index (χ0n) is 13.9. The molecule has 1 N–H and O–H groups in total. The lowest BCUT2D eigenvalue weighted by Crippen LogP contribution is -2.25. The van der Waals surface area contributed by atoms with Gasteiger partial charge >= 0.3 is 0 Å². The van der Waals surface area contributed by atoms with Crippen molar-refractivity contribution < 1.29 is 4.79 Å². The summed E-state index contributed by atoms with van der Waals surface area (Å²) in [7, 11) is 0. The summed E-state index contributed by atoms with van der Waals surface area (Å²) in [6, 6.07) is 13.8. The van der Waals surface area contributed by atoms with Crippen molar-refractivity contribution in [2.24, 2.45) is 5.92 Å². The molecule has 1 amide bonds. The smallest absolute Gasteiger partial charge is 0.255 e. The molecule has 0 saturated heterocycles. The van der Waals surface area contributed by atoms with E-state index in [4.69, 9.17) is 0 Å². The van der Waals surface area contributed by atoms with Crippen molar-refractivity contribution in [3.05, 3.63) is 59.6 Å². The van der Waals surface area contributed by atoms with Gasteiger partial charge in [0.25, 0.3) is 5.91 Å². The van der Waals surface area contributed by atoms with E-state index in [1.807, 2.05) is 54.0 Å². The topological polar surface area (TPSA) is 46.9 Å². The molecule has 24 heavy (non-hydrogen) atoms. The van der Waals surface area contributed by atoms with Gasteiger partial charge < -0.3 is 5.32 Å². The first-order valence-electron chi connectivity index (χ1n) is 8.12. The number of para-hydroxylation sites is 1. The second kappa shape index (κ2) is 7.45. The van der Waals surface area contributed by atoms with Crippen LogP contribution in [-0.4, -0.2) is 22.2 Å². The van der Waals surface area contributed by atoms with Crippen LogP contribution in [0.15, 0.2) is 54.0 Å². The second-order valence-electron chi connectivity index (χ2n) is 6.09. The van der Waals surface area contributed by atoms with E-state index in [1.54, 1.807) is 16.0 Å². The van der Waals surface area contributed by atoms with Gasteiger partial charge in [-0.25, -0.2) is 4.68 Å². The molecule has 0 aliphatic rings. The van der Waals surface area contributed by atoms with E-state index in [0.717, 1.165) is 22.7 Å². The van der Waals surface area contributed by atoms with Gasteiger partial charge in [-0.15, -0.1) is 11.3 Å². The summed E-state index contributed by atoms with van der Waals surface area (Å²) < 4.78 is 1.77. The van der Waals surface area contributed by atoms with Crippen molar-refractivity contribution in [3.63, 3.8) is 0 Å². The lowest BCUT2D eigenvalue weighted by Gasteiger charge is -2.06. The number of aromatic nitrogens is 2. The van der Waals surface area contributed by atoms with Gasteiger partial charge in [-0.2, -0.15) is 5.10 Å². The highest BCUT2D eigenvalue weighted by Crippen LogP contribution is 2.27. The molecule has 0 radical (unpaired) electrons. The summed E-state index contributed by atoms with van der Waals surface area (Å²) in [6.45, 7) is 4.98. The van der Waals surface area contributed by atoms with Gasteiger partial charge in [0.1, 0.15) is 5.69 Å². The number of carbonyl (C=O) groups is 1. The average Bonchev–Trinajstić information content (AvgIpc) is 3.24. The van der Waals surface area contributed by atoms with Crippen LogP contribution in [0, 0.1) is 5.92 Å². The predicted octanol–water partition coefficient (Wildman–Crippen LogP) is 4.38. The van der Waals surface area contributed by atoms with Crippen LogP contribution in [0.1, 0.15) is 30.6 Å². The fraction of sp³-hybridized carbons (Fsp3) is 0.263. The zero-order valence-corrected chi connectivity index (χ0v) is 14.7. The van der Waals surface area contributed by atoms with Gasteiger partial charge in [0.2, 0.25) is 0 Å². The molecule has 4 nitrogen and oxygen atoms in total. The van der Waals surface area contributed by atoms with Crippen molar-refractivity contribution >= 4 is 17.2 Å². The number of hydrogen-bond acceptors (Lipinski definition) is 3. The summed E-state index contributed by atoms with van der Waals surface area (Å²) in [5.74, 6) is 0.496. The molecule has 3 rings (SSSR count). The van der Waals surface area contributed by atoms with E-state index in [1.165, 1.54) is 0 Å². The second-order valence-corrected chi connectivity index (χ2v) is 7.03. The van der Waals surface area contributed by atoms with E-state index < -0.39 is 0 Å². The molecule has 0 bridgehead atoms. The van der Waals surface area contributed by atoms with Gasteiger partial charge in [-0.1, -0.05) is 38.1 Å². The third kappa shape index (κ3) is 3.74. The van der Waals surface area contributed by atoms with Crippen LogP contribution >= 0.6 is 11.3 Å². The van der Waals surface area contributed by atoms with Crippen molar-refractivity contribution in [3.8, 4) is 16.3 Å². The first-order chi connectivity index (χ1) is 11.6. The third-order valence-corrected chi connectivity index (χ3v) is 4.62. The van der Waals surface area contributed by atoms with E-state index in [2.05, 4.69) is 24.3 Å². The van der Waals surface area contributed by atoms with Crippen LogP contribution < -0.4 is 5.32 Å². The molecule has 0 unspecified atom stereocenters. The van der Waals surface area contributed by atoms with Crippen molar-refractivity contribution in [1.29, 1.82) is 0 Å². The number of hydrogen-bond donors (Lipinski definition) is 1. The van der Waals surface area contributed by atoms with Crippen LogP contribution in [-0.2, 0) is 0 Å². The van der Waals surface area contributed by atoms with E-state index in [0.29, 0.717) is 18.0 Å². The molecule has 0 aliphatic heterocycles. The SMILES string of the molecule is CC(C)CCNC(=O)c1cn(-c2ccccc2)nc1-c1cccs1. The highest BCUT2D eigenvalue weighted by atomic mass is 32.1. The Bertz CT molecular complexity index is 791. The maximum absolute atomic E-state index is 12.6. The molecule has 0 atom stereocenters. The Morgan fingerprint density at radius 2 is 2.00 bits per heavy atom. The van der Waals surface area contributed by atoms with E-state index >= 15 is 0 Å². The number of rotatable bonds is 6. The maximum Gasteiger partial charge on any atom is 0.255 e. The Labute approximate surface area is 146 Å². The lowest BCUT2D eigenvalue weighted by atomic mass is 10.1. The fourth-order valence-electron chi connectivity index (χ4n) is 2.42. The van der Waals surface area contributed by atoms with Gasteiger partial charge in [-0.3, -0.25) is 4.79 Å². The summed E-state index contributed by atoms with van der Waals surface area (Å²) in [5.41, 5.74) is 2.29. The number of carbonyl (C=O) groups excluding carboxylic acids is 1. The molecule has 0 fully saturated rings. The Morgan fingerprint density at radius 1 is 1.21 bits per heavy atom. The molecular formula is C19H21N3OS. The average molecular weight is 339 g/mol. The van der Waals surface area contributed by atoms with Crippen LogP contribution in [0.5, 0.6) is 0 Å². The van der Waals surface area contributed by atoms with Gasteiger partial charge in [0, 0.05) is 12.7 Å². The lowest BCUT2D eigenvalue weighted by molar-refractivity contribution is 0.0952. The number of benzene rings is 1. The highest BCUT2D eigenvalue weighted by Gasteiger charge is 2.19. The monoisotopic (exact) mass is 339 g/mol. The van der Waals surface area contributed by atoms with Crippen molar-refractivity contribution in [2.75, 3.05) is 6.54 Å². The Morgan fingerprint density at radius 3 is 2.67 bits per heavy atom. The number of nitrogens with zero attached hydrogens (tertiary/aromatic N) is 2. The Hall–Kier alpha value is -2.40. The summed E-state index contributed by atoms with van der Waals surface area (Å²) in [5, 5.41) is 9.66. The van der Waals surface area contributed by atoms with Crippen LogP contribution in [0.25, 0.3) is 16.3 Å². The van der Waals surface area contributed by atoms with Crippen LogP contribution in [0.2, 0.25) is 0 Å². The molecular weight excluding hydrogens is 318 g/mol. The van der Waals surface area contributed by atoms with Crippen molar-refractivity contribution in [1.82, 2.24) is 15.1 Å². The highest BCUT2D eigenvalue weighted by molar-refractivity contribution is 7.13. The Kier molecular flexibility index (Phi) is 5.11. The summed E-state index contributed by atoms with van der Waals surface area (Å²) >= 11 is 1.59. The summed E-state index contributed by atoms with van der Waals surface area (Å²) in [4.78, 5) is 13.6. The molecule has 0 spiro atoms. The van der Waals surface area contributed by atoms with Gasteiger partial charge in [0.05, 0.1) is 16.1 Å². The van der Waals surface area contributed by atoms with Gasteiger partial charge in [0.15, 0.2) is 0 Å². The van der Waals surface area contributed by atoms with E-state index in [9.17, 15) is 4.79 Å². The minimum atomic E-state index is -0.0683. The largest absolute Gasteiger partial charge is 0.352 e. The molecule has 5 heteroatoms. The number of nitrogens with one attached hydrogen (secondary N) is 1. The normalized spacial score (nSPS) is 11.0. The molecule has 0 saturated carbocycles. The molecule has 124 valence electrons. The molecule has 0 aliphatic carbocycles. The minimum absolute atomic E-state index is 0.0683. The molecule has 1 aromatic carbocycles. The zero-order chi connectivity index (χ0) is 16.9. The first-order valence-corrected chi connectivity index (χ1v) is 9.00. The van der Waals surface area contributed by atoms with Gasteiger partial charge in [-0.05, 0) is 35.9 Å². The van der Waals surface area contributed by atoms with E-state index in [-0.39, 0.29) is 5.91 Å². The fourth-order valence-corrected chi connectivity index (χ4v) is 3.14. The number of thiophene rings is 1. The molecule has 2 heterocycles. The number of amides is 1. The first kappa shape index (κ1) is 16.5. The predicted molar refractivity (Wildman–Crippen MR) is 98.7 cm³/mol. The quantitative estimate of drug-likeness (QED) is 0.724. The molecule has 3 aromatic rings. The minimum Gasteiger partial charge on any atom is -0.352 e. The van der Waals surface area contributed by atoms with Crippen molar-refractivity contribution in [2.45, 2.75) is 20.3 Å².